The molecule has 1 aromatic heterocycles. The quantitative estimate of drug-likeness (QED) is 0.777. The smallest absolute Gasteiger partial charge is 0.382 e. The summed E-state index contributed by atoms with van der Waals surface area (Å²) in [6.45, 7) is 1.12. The summed E-state index contributed by atoms with van der Waals surface area (Å²) in [4.78, 5) is 23.7. The van der Waals surface area contributed by atoms with Gasteiger partial charge in [0.25, 0.3) is 5.91 Å². The summed E-state index contributed by atoms with van der Waals surface area (Å²) in [5.41, 5.74) is -0.737. The Hall–Kier alpha value is -3.19. The Morgan fingerprint density at radius 3 is 2.66 bits per heavy atom. The third kappa shape index (κ3) is 4.46. The van der Waals surface area contributed by atoms with Gasteiger partial charge in [-0.3, -0.25) is 4.79 Å². The Morgan fingerprint density at radius 1 is 1.31 bits per heavy atom. The van der Waals surface area contributed by atoms with E-state index in [1.54, 1.807) is 15.9 Å². The number of nitriles is 1. The van der Waals surface area contributed by atoms with Crippen LogP contribution in [0.25, 0.3) is 0 Å². The molecule has 0 radical (unpaired) electrons. The molecule has 1 fully saturated rings. The summed E-state index contributed by atoms with van der Waals surface area (Å²) in [6.07, 6.45) is -0.471. The Bertz CT molecular complexity index is 914. The first-order valence-corrected chi connectivity index (χ1v) is 8.76. The number of aromatic nitrogens is 2. The van der Waals surface area contributed by atoms with E-state index < -0.39 is 17.3 Å². The lowest BCUT2D eigenvalue weighted by atomic mass is 10.0. The van der Waals surface area contributed by atoms with Gasteiger partial charge in [-0.1, -0.05) is 0 Å². The number of hydrogen-bond acceptors (Lipinski definition) is 6. The Labute approximate surface area is 165 Å². The van der Waals surface area contributed by atoms with E-state index in [0.717, 1.165) is 6.07 Å². The summed E-state index contributed by atoms with van der Waals surface area (Å²) in [5.74, 6) is -0.248. The molecule has 1 unspecified atom stereocenters. The van der Waals surface area contributed by atoms with E-state index >= 15 is 0 Å². The molecule has 3 rings (SSSR count). The van der Waals surface area contributed by atoms with Crippen molar-refractivity contribution in [1.82, 2.24) is 14.9 Å². The van der Waals surface area contributed by atoms with Gasteiger partial charge < -0.3 is 14.5 Å². The number of carbonyl (C=O) groups is 1. The van der Waals surface area contributed by atoms with Gasteiger partial charge in [0.1, 0.15) is 6.33 Å². The van der Waals surface area contributed by atoms with Gasteiger partial charge in [-0.15, -0.1) is 0 Å². The minimum Gasteiger partial charge on any atom is -0.382 e. The normalized spacial score (nSPS) is 17.1. The van der Waals surface area contributed by atoms with Crippen LogP contribution in [0.5, 0.6) is 0 Å². The standard InChI is InChI=1S/C19H18F3N5O2/c1-29-11-16-10-26(18(28)14-8-24-12-25-9-14)4-5-27(16)15-3-2-13(7-23)17(6-15)19(20,21)22/h2-3,6,8-9,12,16H,4-5,10-11H2,1H3. The second kappa shape index (κ2) is 8.45. The first kappa shape index (κ1) is 20.5. The van der Waals surface area contributed by atoms with Crippen LogP contribution in [-0.2, 0) is 10.9 Å². The number of methoxy groups -OCH3 is 1. The van der Waals surface area contributed by atoms with Crippen molar-refractivity contribution < 1.29 is 22.7 Å². The molecule has 29 heavy (non-hydrogen) atoms. The van der Waals surface area contributed by atoms with E-state index in [1.807, 2.05) is 0 Å². The molecule has 2 aromatic rings. The Morgan fingerprint density at radius 2 is 2.03 bits per heavy atom. The zero-order valence-corrected chi connectivity index (χ0v) is 15.6. The van der Waals surface area contributed by atoms with Crippen molar-refractivity contribution in [3.8, 4) is 6.07 Å². The number of benzene rings is 1. The third-order valence-corrected chi connectivity index (χ3v) is 4.70. The molecule has 0 N–H and O–H groups in total. The number of hydrogen-bond donors (Lipinski definition) is 0. The number of carbonyl (C=O) groups excluding carboxylic acids is 1. The molecule has 1 aliphatic heterocycles. The molecule has 0 aliphatic carbocycles. The molecule has 7 nitrogen and oxygen atoms in total. The first-order chi connectivity index (χ1) is 13.8. The van der Waals surface area contributed by atoms with Crippen LogP contribution in [0.4, 0.5) is 18.9 Å². The van der Waals surface area contributed by atoms with E-state index in [4.69, 9.17) is 10.00 Å². The molecular formula is C19H18F3N5O2. The first-order valence-electron chi connectivity index (χ1n) is 8.76. The fourth-order valence-corrected chi connectivity index (χ4v) is 3.35. The molecule has 1 atom stereocenters. The number of halogens is 3. The van der Waals surface area contributed by atoms with Crippen LogP contribution >= 0.6 is 0 Å². The van der Waals surface area contributed by atoms with Crippen LogP contribution in [0.2, 0.25) is 0 Å². The van der Waals surface area contributed by atoms with Crippen LogP contribution in [-0.4, -0.2) is 60.2 Å². The fraction of sp³-hybridized carbons (Fsp3) is 0.368. The lowest BCUT2D eigenvalue weighted by Gasteiger charge is -2.42. The average molecular weight is 405 g/mol. The minimum atomic E-state index is -4.64. The van der Waals surface area contributed by atoms with Gasteiger partial charge >= 0.3 is 6.18 Å². The van der Waals surface area contributed by atoms with Gasteiger partial charge in [0, 0.05) is 44.8 Å². The third-order valence-electron chi connectivity index (χ3n) is 4.70. The number of nitrogens with zero attached hydrogens (tertiary/aromatic N) is 5. The lowest BCUT2D eigenvalue weighted by Crippen LogP contribution is -2.56. The van der Waals surface area contributed by atoms with Gasteiger partial charge in [-0.25, -0.2) is 9.97 Å². The maximum absolute atomic E-state index is 13.3. The summed E-state index contributed by atoms with van der Waals surface area (Å²) in [6, 6.07) is 4.86. The maximum atomic E-state index is 13.3. The highest BCUT2D eigenvalue weighted by Crippen LogP contribution is 2.35. The predicted molar refractivity (Wildman–Crippen MR) is 97.1 cm³/mol. The van der Waals surface area contributed by atoms with E-state index in [-0.39, 0.29) is 25.1 Å². The second-order valence-electron chi connectivity index (χ2n) is 6.52. The van der Waals surface area contributed by atoms with Gasteiger partial charge in [-0.2, -0.15) is 18.4 Å². The highest BCUT2D eigenvalue weighted by molar-refractivity contribution is 5.93. The average Bonchev–Trinajstić information content (AvgIpc) is 2.73. The highest BCUT2D eigenvalue weighted by Gasteiger charge is 2.36. The summed E-state index contributed by atoms with van der Waals surface area (Å²) < 4.78 is 45.2. The van der Waals surface area contributed by atoms with Gasteiger partial charge in [0.15, 0.2) is 0 Å². The van der Waals surface area contributed by atoms with Crippen molar-refractivity contribution in [3.63, 3.8) is 0 Å². The Balaban J connectivity index is 1.86. The lowest BCUT2D eigenvalue weighted by molar-refractivity contribution is -0.137. The van der Waals surface area contributed by atoms with Gasteiger partial charge in [0.2, 0.25) is 0 Å². The predicted octanol–water partition coefficient (Wildman–Crippen LogP) is 2.34. The summed E-state index contributed by atoms with van der Waals surface area (Å²) >= 11 is 0. The summed E-state index contributed by atoms with van der Waals surface area (Å²) in [5, 5.41) is 8.99. The zero-order valence-electron chi connectivity index (χ0n) is 15.6. The van der Waals surface area contributed by atoms with Gasteiger partial charge in [0.05, 0.1) is 35.4 Å². The SMILES string of the molecule is COCC1CN(C(=O)c2cncnc2)CCN1c1ccc(C#N)c(C(F)(F)F)c1. The molecule has 10 heteroatoms. The molecule has 0 bridgehead atoms. The summed E-state index contributed by atoms with van der Waals surface area (Å²) in [7, 11) is 1.49. The largest absolute Gasteiger partial charge is 0.417 e. The van der Waals surface area contributed by atoms with Crippen molar-refractivity contribution in [1.29, 1.82) is 5.26 Å². The number of amides is 1. The molecule has 0 spiro atoms. The van der Waals surface area contributed by atoms with Crippen molar-refractivity contribution in [3.05, 3.63) is 53.6 Å². The van der Waals surface area contributed by atoms with Gasteiger partial charge in [-0.05, 0) is 18.2 Å². The van der Waals surface area contributed by atoms with E-state index in [1.165, 1.54) is 38.0 Å². The van der Waals surface area contributed by atoms with Crippen LogP contribution in [0.3, 0.4) is 0 Å². The number of anilines is 1. The molecule has 1 saturated heterocycles. The van der Waals surface area contributed by atoms with Crippen LogP contribution < -0.4 is 4.90 Å². The molecule has 152 valence electrons. The number of alkyl halides is 3. The van der Waals surface area contributed by atoms with Crippen LogP contribution in [0.15, 0.2) is 36.9 Å². The Kier molecular flexibility index (Phi) is 5.98. The molecule has 1 aliphatic rings. The van der Waals surface area contributed by atoms with Crippen molar-refractivity contribution in [2.75, 3.05) is 38.3 Å². The van der Waals surface area contributed by atoms with E-state index in [9.17, 15) is 18.0 Å². The second-order valence-corrected chi connectivity index (χ2v) is 6.52. The topological polar surface area (TPSA) is 82.3 Å². The number of piperazine rings is 1. The number of rotatable bonds is 4. The van der Waals surface area contributed by atoms with Crippen LogP contribution in [0, 0.1) is 11.3 Å². The van der Waals surface area contributed by atoms with Crippen molar-refractivity contribution in [2.45, 2.75) is 12.2 Å². The molecule has 1 amide bonds. The maximum Gasteiger partial charge on any atom is 0.417 e. The van der Waals surface area contributed by atoms with E-state index in [2.05, 4.69) is 9.97 Å². The molecule has 0 saturated carbocycles. The minimum absolute atomic E-state index is 0.219. The highest BCUT2D eigenvalue weighted by atomic mass is 19.4. The monoisotopic (exact) mass is 405 g/mol. The molecular weight excluding hydrogens is 387 g/mol. The molecule has 2 heterocycles. The van der Waals surface area contributed by atoms with Crippen LogP contribution in [0.1, 0.15) is 21.5 Å². The zero-order chi connectivity index (χ0) is 21.0. The van der Waals surface area contributed by atoms with E-state index in [0.29, 0.717) is 24.3 Å². The molecule has 1 aromatic carbocycles. The number of ether oxygens (including phenoxy) is 1. The van der Waals surface area contributed by atoms with Crippen molar-refractivity contribution in [2.24, 2.45) is 0 Å². The fourth-order valence-electron chi connectivity index (χ4n) is 3.35. The van der Waals surface area contributed by atoms with Crippen molar-refractivity contribution >= 4 is 11.6 Å².